The highest BCUT2D eigenvalue weighted by Crippen LogP contribution is 2.18. The van der Waals surface area contributed by atoms with Gasteiger partial charge >= 0.3 is 6.09 Å². The van der Waals surface area contributed by atoms with E-state index in [0.717, 1.165) is 24.0 Å². The zero-order valence-electron chi connectivity index (χ0n) is 7.79. The van der Waals surface area contributed by atoms with Gasteiger partial charge in [0, 0.05) is 13.1 Å². The second-order valence-electron chi connectivity index (χ2n) is 3.35. The summed E-state index contributed by atoms with van der Waals surface area (Å²) in [5.74, 6) is 0. The molecular formula is C9H15NO3. The van der Waals surface area contributed by atoms with Gasteiger partial charge in [0.05, 0.1) is 6.61 Å². The standard InChI is InChI=1S/C9H15NO3/c1-7(6-11)8-3-2-4-10(5-8)9(12)13/h11H,2-6H2,1H3,(H,12,13). The SMILES string of the molecule is CC(CO)=C1CCCN(C(=O)O)C1. The monoisotopic (exact) mass is 185 g/mol. The Morgan fingerprint density at radius 3 is 2.85 bits per heavy atom. The van der Waals surface area contributed by atoms with Crippen molar-refractivity contribution in [1.82, 2.24) is 4.90 Å². The van der Waals surface area contributed by atoms with Crippen LogP contribution in [0, 0.1) is 0 Å². The summed E-state index contributed by atoms with van der Waals surface area (Å²) in [5, 5.41) is 17.6. The van der Waals surface area contributed by atoms with E-state index in [1.54, 1.807) is 0 Å². The number of carboxylic acid groups (broad SMARTS) is 1. The Hall–Kier alpha value is -1.03. The lowest BCUT2D eigenvalue weighted by Gasteiger charge is -2.27. The molecule has 0 aromatic rings. The molecule has 0 radical (unpaired) electrons. The lowest BCUT2D eigenvalue weighted by molar-refractivity contribution is 0.143. The quantitative estimate of drug-likeness (QED) is 0.601. The Morgan fingerprint density at radius 2 is 2.31 bits per heavy atom. The Balaban J connectivity index is 2.66. The summed E-state index contributed by atoms with van der Waals surface area (Å²) in [6.07, 6.45) is 0.901. The van der Waals surface area contributed by atoms with Gasteiger partial charge in [0.1, 0.15) is 0 Å². The second-order valence-corrected chi connectivity index (χ2v) is 3.35. The van der Waals surface area contributed by atoms with Gasteiger partial charge in [-0.05, 0) is 30.9 Å². The maximum atomic E-state index is 10.7. The number of piperidine rings is 1. The number of aliphatic hydroxyl groups excluding tert-OH is 1. The molecule has 4 heteroatoms. The van der Waals surface area contributed by atoms with Crippen LogP contribution < -0.4 is 0 Å². The number of carbonyl (C=O) groups is 1. The Kier molecular flexibility index (Phi) is 3.31. The summed E-state index contributed by atoms with van der Waals surface area (Å²) in [6, 6.07) is 0. The molecule has 1 aliphatic rings. The van der Waals surface area contributed by atoms with Gasteiger partial charge in [-0.3, -0.25) is 0 Å². The van der Waals surface area contributed by atoms with Gasteiger partial charge in [-0.25, -0.2) is 4.79 Å². The van der Waals surface area contributed by atoms with Crippen molar-refractivity contribution in [2.45, 2.75) is 19.8 Å². The van der Waals surface area contributed by atoms with Gasteiger partial charge in [-0.15, -0.1) is 0 Å². The van der Waals surface area contributed by atoms with E-state index < -0.39 is 6.09 Å². The third-order valence-electron chi connectivity index (χ3n) is 2.40. The zero-order chi connectivity index (χ0) is 9.84. The molecule has 0 spiro atoms. The maximum Gasteiger partial charge on any atom is 0.407 e. The summed E-state index contributed by atoms with van der Waals surface area (Å²) >= 11 is 0. The minimum Gasteiger partial charge on any atom is -0.465 e. The number of hydrogen-bond acceptors (Lipinski definition) is 2. The van der Waals surface area contributed by atoms with Crippen LogP contribution in [-0.2, 0) is 0 Å². The molecule has 0 bridgehead atoms. The third kappa shape index (κ3) is 2.45. The van der Waals surface area contributed by atoms with Crippen LogP contribution in [0.3, 0.4) is 0 Å². The maximum absolute atomic E-state index is 10.7. The topological polar surface area (TPSA) is 60.8 Å². The van der Waals surface area contributed by atoms with Crippen LogP contribution in [0.5, 0.6) is 0 Å². The minimum absolute atomic E-state index is 0.0305. The molecule has 0 aromatic heterocycles. The molecule has 0 atom stereocenters. The van der Waals surface area contributed by atoms with Crippen molar-refractivity contribution in [3.8, 4) is 0 Å². The Bertz CT molecular complexity index is 235. The summed E-state index contributed by atoms with van der Waals surface area (Å²) < 4.78 is 0. The molecule has 0 aromatic carbocycles. The third-order valence-corrected chi connectivity index (χ3v) is 2.40. The van der Waals surface area contributed by atoms with Gasteiger partial charge in [0.15, 0.2) is 0 Å². The van der Waals surface area contributed by atoms with Crippen molar-refractivity contribution in [1.29, 1.82) is 0 Å². The number of rotatable bonds is 1. The van der Waals surface area contributed by atoms with E-state index in [9.17, 15) is 4.79 Å². The van der Waals surface area contributed by atoms with Crippen molar-refractivity contribution in [3.05, 3.63) is 11.1 Å². The molecule has 13 heavy (non-hydrogen) atoms. The summed E-state index contributed by atoms with van der Waals surface area (Å²) in [4.78, 5) is 12.0. The molecule has 4 nitrogen and oxygen atoms in total. The molecule has 0 aliphatic carbocycles. The molecule has 1 fully saturated rings. The first-order valence-electron chi connectivity index (χ1n) is 4.41. The average Bonchev–Trinajstić information content (AvgIpc) is 2.17. The molecule has 2 N–H and O–H groups in total. The highest BCUT2D eigenvalue weighted by Gasteiger charge is 2.19. The van der Waals surface area contributed by atoms with Gasteiger partial charge < -0.3 is 15.1 Å². The summed E-state index contributed by atoms with van der Waals surface area (Å²) in [6.45, 7) is 2.95. The van der Waals surface area contributed by atoms with Crippen molar-refractivity contribution >= 4 is 6.09 Å². The van der Waals surface area contributed by atoms with Crippen LogP contribution in [-0.4, -0.2) is 40.9 Å². The normalized spacial score (nSPS) is 21.5. The molecule has 1 aliphatic heterocycles. The average molecular weight is 185 g/mol. The molecule has 1 rings (SSSR count). The molecule has 1 amide bonds. The van der Waals surface area contributed by atoms with Crippen molar-refractivity contribution < 1.29 is 15.0 Å². The number of amides is 1. The molecule has 74 valence electrons. The van der Waals surface area contributed by atoms with Gasteiger partial charge in [-0.1, -0.05) is 0 Å². The number of likely N-dealkylation sites (tertiary alicyclic amines) is 1. The number of nitrogens with zero attached hydrogens (tertiary/aromatic N) is 1. The van der Waals surface area contributed by atoms with E-state index >= 15 is 0 Å². The molecule has 1 saturated heterocycles. The number of aliphatic hydroxyl groups is 1. The highest BCUT2D eigenvalue weighted by molar-refractivity contribution is 5.65. The molecular weight excluding hydrogens is 170 g/mol. The van der Waals surface area contributed by atoms with Gasteiger partial charge in [0.25, 0.3) is 0 Å². The fourth-order valence-electron chi connectivity index (χ4n) is 1.50. The second kappa shape index (κ2) is 4.28. The first-order chi connectivity index (χ1) is 6.15. The van der Waals surface area contributed by atoms with Crippen LogP contribution in [0.4, 0.5) is 4.79 Å². The van der Waals surface area contributed by atoms with E-state index in [1.165, 1.54) is 4.90 Å². The predicted octanol–water partition coefficient (Wildman–Crippen LogP) is 1.07. The van der Waals surface area contributed by atoms with Crippen LogP contribution >= 0.6 is 0 Å². The Labute approximate surface area is 77.5 Å². The predicted molar refractivity (Wildman–Crippen MR) is 48.6 cm³/mol. The van der Waals surface area contributed by atoms with Crippen LogP contribution in [0.25, 0.3) is 0 Å². The smallest absolute Gasteiger partial charge is 0.407 e. The first-order valence-corrected chi connectivity index (χ1v) is 4.41. The van der Waals surface area contributed by atoms with Gasteiger partial charge in [0.2, 0.25) is 0 Å². The lowest BCUT2D eigenvalue weighted by atomic mass is 10.0. The van der Waals surface area contributed by atoms with E-state index in [-0.39, 0.29) is 6.61 Å². The molecule has 1 heterocycles. The van der Waals surface area contributed by atoms with Gasteiger partial charge in [-0.2, -0.15) is 0 Å². The summed E-state index contributed by atoms with van der Waals surface area (Å²) in [7, 11) is 0. The number of hydrogen-bond donors (Lipinski definition) is 2. The van der Waals surface area contributed by atoms with Crippen molar-refractivity contribution in [3.63, 3.8) is 0 Å². The fraction of sp³-hybridized carbons (Fsp3) is 0.667. The van der Waals surface area contributed by atoms with Crippen molar-refractivity contribution in [2.75, 3.05) is 19.7 Å². The van der Waals surface area contributed by atoms with E-state index in [1.807, 2.05) is 6.92 Å². The van der Waals surface area contributed by atoms with Crippen LogP contribution in [0.15, 0.2) is 11.1 Å². The zero-order valence-corrected chi connectivity index (χ0v) is 7.79. The largest absolute Gasteiger partial charge is 0.465 e. The first kappa shape index (κ1) is 10.1. The highest BCUT2D eigenvalue weighted by atomic mass is 16.4. The Morgan fingerprint density at radius 1 is 1.62 bits per heavy atom. The summed E-state index contributed by atoms with van der Waals surface area (Å²) in [5.41, 5.74) is 1.97. The van der Waals surface area contributed by atoms with Crippen molar-refractivity contribution in [2.24, 2.45) is 0 Å². The van der Waals surface area contributed by atoms with Crippen LogP contribution in [0.1, 0.15) is 19.8 Å². The fourth-order valence-corrected chi connectivity index (χ4v) is 1.50. The van der Waals surface area contributed by atoms with E-state index in [0.29, 0.717) is 13.1 Å². The lowest BCUT2D eigenvalue weighted by Crippen LogP contribution is -2.36. The molecule has 0 saturated carbocycles. The van der Waals surface area contributed by atoms with E-state index in [2.05, 4.69) is 0 Å². The molecule has 0 unspecified atom stereocenters. The van der Waals surface area contributed by atoms with Crippen LogP contribution in [0.2, 0.25) is 0 Å². The van der Waals surface area contributed by atoms with E-state index in [4.69, 9.17) is 10.2 Å². The minimum atomic E-state index is -0.872.